The van der Waals surface area contributed by atoms with Crippen LogP contribution in [0.2, 0.25) is 19.6 Å². The van der Waals surface area contributed by atoms with Gasteiger partial charge in [-0.1, -0.05) is 61.2 Å². The first-order chi connectivity index (χ1) is 10.7. The number of aryl methyl sites for hydroxylation is 1. The second-order valence-corrected chi connectivity index (χ2v) is 13.6. The monoisotopic (exact) mass is 352 g/mol. The second-order valence-electron chi connectivity index (χ2n) is 6.51. The molecular weight excluding hydrogens is 323 g/mol. The molecule has 1 aromatic rings. The number of allylic oxidation sites excluding steroid dienone is 2. The van der Waals surface area contributed by atoms with E-state index in [0.717, 1.165) is 5.56 Å². The Kier molecular flexibility index (Phi) is 7.69. The highest BCUT2D eigenvalue weighted by molar-refractivity contribution is 7.59. The molecule has 0 saturated carbocycles. The minimum Gasteiger partial charge on any atom is -0.305 e. The molecule has 128 valence electrons. The van der Waals surface area contributed by atoms with Gasteiger partial charge in [-0.25, -0.2) is 0 Å². The van der Waals surface area contributed by atoms with Crippen LogP contribution in [0, 0.1) is 6.92 Å². The lowest BCUT2D eigenvalue weighted by molar-refractivity contribution is 0.227. The zero-order chi connectivity index (χ0) is 17.5. The van der Waals surface area contributed by atoms with Crippen molar-refractivity contribution in [1.29, 1.82) is 0 Å². The SMILES string of the molecule is CCOP(=O)(OCC)C(/C=C/[Si](C)(C)C)=C/c1ccc(C)cc1. The molecule has 0 amide bonds. The van der Waals surface area contributed by atoms with Crippen LogP contribution in [0.3, 0.4) is 0 Å². The van der Waals surface area contributed by atoms with Gasteiger partial charge in [0, 0.05) is 0 Å². The summed E-state index contributed by atoms with van der Waals surface area (Å²) in [4.78, 5) is 0. The van der Waals surface area contributed by atoms with Gasteiger partial charge in [0.2, 0.25) is 0 Å². The van der Waals surface area contributed by atoms with Gasteiger partial charge in [0.25, 0.3) is 0 Å². The van der Waals surface area contributed by atoms with Crippen molar-refractivity contribution in [3.05, 3.63) is 52.5 Å². The van der Waals surface area contributed by atoms with Gasteiger partial charge in [-0.15, -0.1) is 0 Å². The number of rotatable bonds is 8. The van der Waals surface area contributed by atoms with Gasteiger partial charge >= 0.3 is 7.60 Å². The first-order valence-electron chi connectivity index (χ1n) is 8.07. The first-order valence-corrected chi connectivity index (χ1v) is 13.2. The van der Waals surface area contributed by atoms with Crippen LogP contribution in [0.1, 0.15) is 25.0 Å². The minimum atomic E-state index is -3.30. The molecule has 0 saturated heterocycles. The fraction of sp³-hybridized carbons (Fsp3) is 0.444. The van der Waals surface area contributed by atoms with Crippen molar-refractivity contribution in [2.24, 2.45) is 0 Å². The second kappa shape index (κ2) is 8.79. The molecule has 23 heavy (non-hydrogen) atoms. The van der Waals surface area contributed by atoms with Crippen molar-refractivity contribution >= 4 is 21.7 Å². The van der Waals surface area contributed by atoms with E-state index >= 15 is 0 Å². The molecule has 0 unspecified atom stereocenters. The van der Waals surface area contributed by atoms with E-state index in [-0.39, 0.29) is 0 Å². The lowest BCUT2D eigenvalue weighted by atomic mass is 10.1. The predicted octanol–water partition coefficient (Wildman–Crippen LogP) is 6.04. The van der Waals surface area contributed by atoms with Crippen LogP contribution >= 0.6 is 7.60 Å². The van der Waals surface area contributed by atoms with Gasteiger partial charge in [0.15, 0.2) is 0 Å². The van der Waals surface area contributed by atoms with E-state index in [2.05, 4.69) is 25.3 Å². The van der Waals surface area contributed by atoms with Gasteiger partial charge in [0.05, 0.1) is 26.6 Å². The summed E-state index contributed by atoms with van der Waals surface area (Å²) in [5.74, 6) is 0. The Morgan fingerprint density at radius 2 is 1.61 bits per heavy atom. The fourth-order valence-electron chi connectivity index (χ4n) is 1.91. The van der Waals surface area contributed by atoms with Crippen LogP contribution in [-0.2, 0) is 13.6 Å². The summed E-state index contributed by atoms with van der Waals surface area (Å²) in [6.07, 6.45) is 3.83. The molecule has 0 heterocycles. The van der Waals surface area contributed by atoms with Gasteiger partial charge in [-0.2, -0.15) is 0 Å². The molecule has 0 aromatic heterocycles. The van der Waals surface area contributed by atoms with Crippen LogP contribution in [0.25, 0.3) is 6.08 Å². The lowest BCUT2D eigenvalue weighted by Gasteiger charge is -2.19. The predicted molar refractivity (Wildman–Crippen MR) is 103 cm³/mol. The maximum absolute atomic E-state index is 13.2. The molecule has 0 aliphatic carbocycles. The van der Waals surface area contributed by atoms with Gasteiger partial charge in [-0.3, -0.25) is 4.57 Å². The van der Waals surface area contributed by atoms with E-state index < -0.39 is 15.7 Å². The molecule has 0 aliphatic heterocycles. The number of benzene rings is 1. The van der Waals surface area contributed by atoms with E-state index in [1.54, 1.807) is 0 Å². The van der Waals surface area contributed by atoms with Crippen LogP contribution in [-0.4, -0.2) is 21.3 Å². The Balaban J connectivity index is 3.32. The van der Waals surface area contributed by atoms with Gasteiger partial charge in [-0.05, 0) is 32.4 Å². The van der Waals surface area contributed by atoms with Gasteiger partial charge in [0.1, 0.15) is 0 Å². The average Bonchev–Trinajstić information content (AvgIpc) is 2.45. The maximum Gasteiger partial charge on any atom is 0.361 e. The van der Waals surface area contributed by atoms with E-state index in [9.17, 15) is 4.57 Å². The molecule has 3 nitrogen and oxygen atoms in total. The van der Waals surface area contributed by atoms with E-state index in [1.807, 2.05) is 57.2 Å². The summed E-state index contributed by atoms with van der Waals surface area (Å²) in [6, 6.07) is 8.11. The molecule has 1 aromatic carbocycles. The largest absolute Gasteiger partial charge is 0.361 e. The van der Waals surface area contributed by atoms with Crippen LogP contribution < -0.4 is 0 Å². The zero-order valence-corrected chi connectivity index (χ0v) is 17.0. The van der Waals surface area contributed by atoms with Crippen LogP contribution in [0.15, 0.2) is 41.4 Å². The topological polar surface area (TPSA) is 35.5 Å². The van der Waals surface area contributed by atoms with Crippen molar-refractivity contribution in [3.63, 3.8) is 0 Å². The summed E-state index contributed by atoms with van der Waals surface area (Å²) in [5.41, 5.74) is 4.35. The summed E-state index contributed by atoms with van der Waals surface area (Å²) < 4.78 is 24.2. The molecule has 0 radical (unpaired) electrons. The van der Waals surface area contributed by atoms with Crippen molar-refractivity contribution in [2.45, 2.75) is 40.4 Å². The molecule has 5 heteroatoms. The molecule has 0 atom stereocenters. The summed E-state index contributed by atoms with van der Waals surface area (Å²) in [5, 5.41) is 0.618. The zero-order valence-electron chi connectivity index (χ0n) is 15.1. The molecule has 1 rings (SSSR count). The van der Waals surface area contributed by atoms with E-state index in [1.165, 1.54) is 5.56 Å². The molecular formula is C18H29O3PSi. The van der Waals surface area contributed by atoms with Crippen molar-refractivity contribution in [1.82, 2.24) is 0 Å². The normalized spacial score (nSPS) is 13.7. The lowest BCUT2D eigenvalue weighted by Crippen LogP contribution is -2.15. The highest BCUT2D eigenvalue weighted by Crippen LogP contribution is 2.57. The van der Waals surface area contributed by atoms with E-state index in [0.29, 0.717) is 18.5 Å². The Labute approximate surface area is 142 Å². The standard InChI is InChI=1S/C18H29O3PSi/c1-7-20-22(19,21-8-2)18(13-14-23(4,5)6)15-17-11-9-16(3)10-12-17/h9-15H,7-8H2,1-6H3/b14-13+,18-15+. The highest BCUT2D eigenvalue weighted by atomic mass is 31.2. The van der Waals surface area contributed by atoms with Gasteiger partial charge < -0.3 is 9.05 Å². The minimum absolute atomic E-state index is 0.350. The average molecular weight is 352 g/mol. The maximum atomic E-state index is 13.2. The van der Waals surface area contributed by atoms with Crippen molar-refractivity contribution < 1.29 is 13.6 Å². The van der Waals surface area contributed by atoms with Crippen molar-refractivity contribution in [2.75, 3.05) is 13.2 Å². The highest BCUT2D eigenvalue weighted by Gasteiger charge is 2.28. The molecule has 0 N–H and O–H groups in total. The molecule has 0 fully saturated rings. The van der Waals surface area contributed by atoms with Crippen molar-refractivity contribution in [3.8, 4) is 0 Å². The number of hydrogen-bond acceptors (Lipinski definition) is 3. The third-order valence-corrected chi connectivity index (χ3v) is 6.33. The fourth-order valence-corrected chi connectivity index (χ4v) is 4.35. The smallest absolute Gasteiger partial charge is 0.305 e. The molecule has 0 bridgehead atoms. The third-order valence-electron chi connectivity index (χ3n) is 3.06. The van der Waals surface area contributed by atoms with E-state index in [4.69, 9.17) is 9.05 Å². The summed E-state index contributed by atoms with van der Waals surface area (Å²) in [6.45, 7) is 13.1. The Hall–Kier alpha value is -0.933. The summed E-state index contributed by atoms with van der Waals surface area (Å²) >= 11 is 0. The number of hydrogen-bond donors (Lipinski definition) is 0. The Morgan fingerprint density at radius 3 is 2.04 bits per heavy atom. The first kappa shape index (κ1) is 20.1. The Morgan fingerprint density at radius 1 is 1.09 bits per heavy atom. The molecule has 0 aliphatic rings. The van der Waals surface area contributed by atoms with Crippen LogP contribution in [0.4, 0.5) is 0 Å². The third kappa shape index (κ3) is 7.00. The van der Waals surface area contributed by atoms with Crippen LogP contribution in [0.5, 0.6) is 0 Å². The summed E-state index contributed by atoms with van der Waals surface area (Å²) in [7, 11) is -4.72. The Bertz CT molecular complexity index is 588. The quantitative estimate of drug-likeness (QED) is 0.325. The molecule has 0 spiro atoms.